The Labute approximate surface area is 152 Å². The van der Waals surface area contributed by atoms with Gasteiger partial charge < -0.3 is 4.74 Å². The van der Waals surface area contributed by atoms with Crippen LogP contribution in [-0.2, 0) is 9.53 Å². The lowest BCUT2D eigenvalue weighted by Crippen LogP contribution is -2.33. The van der Waals surface area contributed by atoms with E-state index in [0.29, 0.717) is 6.61 Å². The summed E-state index contributed by atoms with van der Waals surface area (Å²) in [5, 5.41) is 0. The molecule has 0 amide bonds. The summed E-state index contributed by atoms with van der Waals surface area (Å²) in [5.41, 5.74) is -0.206. The number of esters is 1. The molecule has 0 aliphatic carbocycles. The highest BCUT2D eigenvalue weighted by Gasteiger charge is 2.37. The van der Waals surface area contributed by atoms with Crippen molar-refractivity contribution >= 4 is 5.97 Å². The van der Waals surface area contributed by atoms with E-state index in [2.05, 4.69) is 27.7 Å². The molecule has 0 aromatic rings. The minimum atomic E-state index is -0.206. The topological polar surface area (TPSA) is 26.3 Å². The molecule has 0 rings (SSSR count). The predicted molar refractivity (Wildman–Crippen MR) is 105 cm³/mol. The summed E-state index contributed by atoms with van der Waals surface area (Å²) < 4.78 is 5.76. The number of carbonyl (C=O) groups excluding carboxylic acids is 1. The van der Waals surface area contributed by atoms with Gasteiger partial charge in [0.2, 0.25) is 0 Å². The van der Waals surface area contributed by atoms with Gasteiger partial charge in [-0.2, -0.15) is 0 Å². The Hall–Kier alpha value is -0.530. The first-order valence-corrected chi connectivity index (χ1v) is 10.8. The fraction of sp³-hybridized carbons (Fsp3) is 0.955. The van der Waals surface area contributed by atoms with Crippen molar-refractivity contribution in [1.29, 1.82) is 0 Å². The van der Waals surface area contributed by atoms with Crippen LogP contribution in [-0.4, -0.2) is 12.6 Å². The van der Waals surface area contributed by atoms with E-state index < -0.39 is 0 Å². The Morgan fingerprint density at radius 1 is 0.625 bits per heavy atom. The average molecular weight is 341 g/mol. The zero-order valence-corrected chi connectivity index (χ0v) is 17.1. The van der Waals surface area contributed by atoms with Crippen molar-refractivity contribution in [2.24, 2.45) is 5.41 Å². The van der Waals surface area contributed by atoms with E-state index in [1.165, 1.54) is 44.9 Å². The maximum atomic E-state index is 12.9. The molecule has 0 radical (unpaired) electrons. The molecule has 2 nitrogen and oxygen atoms in total. The van der Waals surface area contributed by atoms with Crippen LogP contribution in [0, 0.1) is 5.41 Å². The molecule has 0 saturated heterocycles. The van der Waals surface area contributed by atoms with Crippen LogP contribution in [0.2, 0.25) is 0 Å². The molecule has 0 fully saturated rings. The van der Waals surface area contributed by atoms with E-state index in [-0.39, 0.29) is 11.4 Å². The van der Waals surface area contributed by atoms with Crippen LogP contribution < -0.4 is 0 Å². The van der Waals surface area contributed by atoms with Crippen LogP contribution in [0.4, 0.5) is 0 Å². The first-order valence-electron chi connectivity index (χ1n) is 10.8. The second-order valence-corrected chi connectivity index (χ2v) is 7.49. The Balaban J connectivity index is 4.41. The van der Waals surface area contributed by atoms with Gasteiger partial charge >= 0.3 is 5.97 Å². The zero-order valence-electron chi connectivity index (χ0n) is 17.1. The highest BCUT2D eigenvalue weighted by Crippen LogP contribution is 2.37. The van der Waals surface area contributed by atoms with E-state index in [1.807, 2.05) is 0 Å². The fourth-order valence-electron chi connectivity index (χ4n) is 3.59. The van der Waals surface area contributed by atoms with Crippen LogP contribution >= 0.6 is 0 Å². The molecule has 0 heterocycles. The second-order valence-electron chi connectivity index (χ2n) is 7.49. The second kappa shape index (κ2) is 16.0. The minimum Gasteiger partial charge on any atom is -0.465 e. The number of carbonyl (C=O) groups is 1. The molecule has 1 unspecified atom stereocenters. The third-order valence-electron chi connectivity index (χ3n) is 5.16. The monoisotopic (exact) mass is 340 g/mol. The van der Waals surface area contributed by atoms with Crippen molar-refractivity contribution in [2.45, 2.75) is 124 Å². The lowest BCUT2D eigenvalue weighted by atomic mass is 9.74. The molecule has 0 aromatic heterocycles. The third-order valence-corrected chi connectivity index (χ3v) is 5.16. The van der Waals surface area contributed by atoms with Crippen LogP contribution in [0.25, 0.3) is 0 Å². The maximum Gasteiger partial charge on any atom is 0.312 e. The summed E-state index contributed by atoms with van der Waals surface area (Å²) in [6, 6.07) is 0. The van der Waals surface area contributed by atoms with Gasteiger partial charge in [-0.15, -0.1) is 0 Å². The average Bonchev–Trinajstić information content (AvgIpc) is 2.58. The zero-order chi connectivity index (χ0) is 18.1. The van der Waals surface area contributed by atoms with E-state index in [0.717, 1.165) is 51.4 Å². The Bertz CT molecular complexity index is 288. The lowest BCUT2D eigenvalue weighted by molar-refractivity contribution is -0.158. The SMILES string of the molecule is CCCCCCCCOC(=O)C(CCC)(CCCC)CCCCC. The van der Waals surface area contributed by atoms with Crippen molar-refractivity contribution in [3.05, 3.63) is 0 Å². The highest BCUT2D eigenvalue weighted by molar-refractivity contribution is 5.76. The van der Waals surface area contributed by atoms with E-state index in [4.69, 9.17) is 4.74 Å². The number of ether oxygens (including phenoxy) is 1. The van der Waals surface area contributed by atoms with Gasteiger partial charge in [-0.25, -0.2) is 0 Å². The van der Waals surface area contributed by atoms with Crippen LogP contribution in [0.15, 0.2) is 0 Å². The maximum absolute atomic E-state index is 12.9. The molecule has 0 aliphatic heterocycles. The van der Waals surface area contributed by atoms with E-state index in [9.17, 15) is 4.79 Å². The molecule has 144 valence electrons. The summed E-state index contributed by atoms with van der Waals surface area (Å²) in [5.74, 6) is 0.0995. The molecule has 0 saturated carbocycles. The van der Waals surface area contributed by atoms with E-state index in [1.54, 1.807) is 0 Å². The van der Waals surface area contributed by atoms with Crippen molar-refractivity contribution in [3.63, 3.8) is 0 Å². The quantitative estimate of drug-likeness (QED) is 0.203. The number of hydrogen-bond donors (Lipinski definition) is 0. The summed E-state index contributed by atoms with van der Waals surface area (Å²) >= 11 is 0. The van der Waals surface area contributed by atoms with Gasteiger partial charge in [0.05, 0.1) is 12.0 Å². The van der Waals surface area contributed by atoms with Gasteiger partial charge in [-0.3, -0.25) is 4.79 Å². The third kappa shape index (κ3) is 10.4. The molecular formula is C22H44O2. The Morgan fingerprint density at radius 3 is 1.79 bits per heavy atom. The molecule has 0 aliphatic rings. The smallest absolute Gasteiger partial charge is 0.312 e. The fourth-order valence-corrected chi connectivity index (χ4v) is 3.59. The van der Waals surface area contributed by atoms with Gasteiger partial charge in [0.1, 0.15) is 0 Å². The van der Waals surface area contributed by atoms with Crippen molar-refractivity contribution in [3.8, 4) is 0 Å². The van der Waals surface area contributed by atoms with Gasteiger partial charge in [-0.1, -0.05) is 98.3 Å². The lowest BCUT2D eigenvalue weighted by Gasteiger charge is -2.31. The van der Waals surface area contributed by atoms with Crippen LogP contribution in [0.5, 0.6) is 0 Å². The van der Waals surface area contributed by atoms with Gasteiger partial charge in [0, 0.05) is 0 Å². The van der Waals surface area contributed by atoms with Crippen molar-refractivity contribution in [1.82, 2.24) is 0 Å². The first-order chi connectivity index (χ1) is 11.7. The normalized spacial score (nSPS) is 13.7. The first kappa shape index (κ1) is 23.5. The van der Waals surface area contributed by atoms with Crippen molar-refractivity contribution < 1.29 is 9.53 Å². The van der Waals surface area contributed by atoms with Gasteiger partial charge in [-0.05, 0) is 25.7 Å². The summed E-state index contributed by atoms with van der Waals surface area (Å²) in [7, 11) is 0. The Morgan fingerprint density at radius 2 is 1.17 bits per heavy atom. The molecule has 0 spiro atoms. The summed E-state index contributed by atoms with van der Waals surface area (Å²) in [6.45, 7) is 9.50. The minimum absolute atomic E-state index is 0.0995. The molecule has 24 heavy (non-hydrogen) atoms. The van der Waals surface area contributed by atoms with Crippen molar-refractivity contribution in [2.75, 3.05) is 6.61 Å². The highest BCUT2D eigenvalue weighted by atomic mass is 16.5. The summed E-state index contributed by atoms with van der Waals surface area (Å²) in [6.07, 6.45) is 17.4. The van der Waals surface area contributed by atoms with E-state index >= 15 is 0 Å². The molecule has 0 aromatic carbocycles. The standard InChI is InChI=1S/C22H44O2/c1-5-9-12-13-14-16-20-24-21(23)22(17-8-4,18-11-7-3)19-15-10-6-2/h5-20H2,1-4H3. The molecular weight excluding hydrogens is 296 g/mol. The predicted octanol–water partition coefficient (Wildman–Crippen LogP) is 7.45. The molecule has 0 bridgehead atoms. The number of rotatable bonds is 17. The van der Waals surface area contributed by atoms with Crippen LogP contribution in [0.3, 0.4) is 0 Å². The summed E-state index contributed by atoms with van der Waals surface area (Å²) in [4.78, 5) is 12.9. The molecule has 2 heteroatoms. The van der Waals surface area contributed by atoms with Crippen LogP contribution in [0.1, 0.15) is 124 Å². The molecule has 0 N–H and O–H groups in total. The van der Waals surface area contributed by atoms with Gasteiger partial charge in [0.15, 0.2) is 0 Å². The molecule has 1 atom stereocenters. The number of unbranched alkanes of at least 4 members (excludes halogenated alkanes) is 8. The largest absolute Gasteiger partial charge is 0.465 e. The van der Waals surface area contributed by atoms with Gasteiger partial charge in [0.25, 0.3) is 0 Å². The Kier molecular flexibility index (Phi) is 15.6. The number of hydrogen-bond acceptors (Lipinski definition) is 2.